The molecule has 25 heavy (non-hydrogen) atoms. The molecule has 1 saturated heterocycles. The first-order valence-corrected chi connectivity index (χ1v) is 10.6. The molecule has 2 heterocycles. The lowest BCUT2D eigenvalue weighted by Gasteiger charge is -2.12. The van der Waals surface area contributed by atoms with Crippen molar-refractivity contribution in [1.82, 2.24) is 9.88 Å². The summed E-state index contributed by atoms with van der Waals surface area (Å²) in [7, 11) is -3.80. The first-order chi connectivity index (χ1) is 11.8. The van der Waals surface area contributed by atoms with Gasteiger partial charge in [-0.05, 0) is 49.9 Å². The van der Waals surface area contributed by atoms with Gasteiger partial charge in [0.2, 0.25) is 0 Å². The lowest BCUT2D eigenvalue weighted by molar-refractivity contribution is 0.0792. The van der Waals surface area contributed by atoms with Gasteiger partial charge in [0.1, 0.15) is 0 Å². The van der Waals surface area contributed by atoms with Crippen LogP contribution in [0.25, 0.3) is 0 Å². The molecule has 0 radical (unpaired) electrons. The van der Waals surface area contributed by atoms with E-state index in [4.69, 9.17) is 11.6 Å². The van der Waals surface area contributed by atoms with Gasteiger partial charge in [0.15, 0.2) is 10.8 Å². The summed E-state index contributed by atoms with van der Waals surface area (Å²) in [5, 5.41) is 2.35. The molecule has 1 aliphatic heterocycles. The van der Waals surface area contributed by atoms with Crippen LogP contribution in [0, 0.1) is 13.8 Å². The van der Waals surface area contributed by atoms with E-state index in [1.54, 1.807) is 30.2 Å². The molecule has 0 aliphatic carbocycles. The van der Waals surface area contributed by atoms with E-state index in [0.29, 0.717) is 21.2 Å². The quantitative estimate of drug-likeness (QED) is 0.853. The van der Waals surface area contributed by atoms with Gasteiger partial charge < -0.3 is 4.90 Å². The van der Waals surface area contributed by atoms with Crippen LogP contribution in [0.5, 0.6) is 0 Å². The number of rotatable bonds is 4. The number of hydrogen-bond donors (Lipinski definition) is 1. The fourth-order valence-electron chi connectivity index (χ4n) is 2.71. The van der Waals surface area contributed by atoms with Crippen molar-refractivity contribution in [3.8, 4) is 0 Å². The largest absolute Gasteiger partial charge is 0.337 e. The normalized spacial score (nSPS) is 14.8. The van der Waals surface area contributed by atoms with Crippen LogP contribution < -0.4 is 4.72 Å². The van der Waals surface area contributed by atoms with Crippen LogP contribution in [0.15, 0.2) is 22.4 Å². The fraction of sp³-hybridized carbons (Fsp3) is 0.375. The van der Waals surface area contributed by atoms with Gasteiger partial charge >= 0.3 is 0 Å². The number of benzene rings is 1. The number of carbonyl (C=O) groups excluding carboxylic acids is 1. The summed E-state index contributed by atoms with van der Waals surface area (Å²) < 4.78 is 27.7. The van der Waals surface area contributed by atoms with Crippen LogP contribution in [0.4, 0.5) is 5.82 Å². The Balaban J connectivity index is 1.82. The number of likely N-dealkylation sites (tertiary alicyclic amines) is 1. The van der Waals surface area contributed by atoms with Crippen molar-refractivity contribution in [2.75, 3.05) is 17.8 Å². The van der Waals surface area contributed by atoms with Crippen LogP contribution in [-0.2, 0) is 10.0 Å². The molecule has 0 spiro atoms. The summed E-state index contributed by atoms with van der Waals surface area (Å²) in [4.78, 5) is 18.3. The molecule has 6 nitrogen and oxygen atoms in total. The van der Waals surface area contributed by atoms with Crippen LogP contribution in [0.2, 0.25) is 5.02 Å². The smallest absolute Gasteiger partial charge is 0.282 e. The van der Waals surface area contributed by atoms with Gasteiger partial charge in [0, 0.05) is 23.5 Å². The van der Waals surface area contributed by atoms with Crippen molar-refractivity contribution < 1.29 is 13.2 Å². The molecular weight excluding hydrogens is 382 g/mol. The average Bonchev–Trinajstić information content (AvgIpc) is 3.21. The van der Waals surface area contributed by atoms with Crippen LogP contribution in [0.1, 0.15) is 33.8 Å². The van der Waals surface area contributed by atoms with E-state index in [-0.39, 0.29) is 16.6 Å². The zero-order valence-corrected chi connectivity index (χ0v) is 16.3. The minimum Gasteiger partial charge on any atom is -0.337 e. The Labute approximate surface area is 155 Å². The lowest BCUT2D eigenvalue weighted by Crippen LogP contribution is -2.27. The van der Waals surface area contributed by atoms with E-state index in [1.165, 1.54) is 6.07 Å². The number of aromatic nitrogens is 1. The molecule has 9 heteroatoms. The predicted octanol–water partition coefficient (Wildman–Crippen LogP) is 3.45. The molecule has 2 aromatic rings. The molecule has 1 aliphatic rings. The molecule has 134 valence electrons. The van der Waals surface area contributed by atoms with Gasteiger partial charge in [-0.2, -0.15) is 0 Å². The molecule has 1 aromatic heterocycles. The second-order valence-corrected chi connectivity index (χ2v) is 8.93. The average molecular weight is 400 g/mol. The Hall–Kier alpha value is -1.64. The molecule has 0 atom stereocenters. The van der Waals surface area contributed by atoms with Crippen molar-refractivity contribution >= 4 is 44.7 Å². The van der Waals surface area contributed by atoms with E-state index in [9.17, 15) is 13.2 Å². The van der Waals surface area contributed by atoms with Gasteiger partial charge in [-0.3, -0.25) is 9.52 Å². The highest BCUT2D eigenvalue weighted by atomic mass is 35.5. The Morgan fingerprint density at radius 1 is 1.24 bits per heavy atom. The number of halogens is 1. The number of nitrogens with zero attached hydrogens (tertiary/aromatic N) is 2. The van der Waals surface area contributed by atoms with Crippen molar-refractivity contribution in [3.63, 3.8) is 0 Å². The molecule has 0 bridgehead atoms. The summed E-state index contributed by atoms with van der Waals surface area (Å²) in [6.07, 6.45) is 1.98. The van der Waals surface area contributed by atoms with Gasteiger partial charge in [-0.25, -0.2) is 13.4 Å². The fourth-order valence-corrected chi connectivity index (χ4v) is 5.02. The molecule has 1 N–H and O–H groups in total. The summed E-state index contributed by atoms with van der Waals surface area (Å²) in [5.41, 5.74) is 1.22. The number of thiazole rings is 1. The summed E-state index contributed by atoms with van der Waals surface area (Å²) in [5.74, 6) is 0.00557. The van der Waals surface area contributed by atoms with E-state index >= 15 is 0 Å². The number of hydrogen-bond acceptors (Lipinski definition) is 5. The van der Waals surface area contributed by atoms with Crippen LogP contribution >= 0.6 is 22.9 Å². The lowest BCUT2D eigenvalue weighted by atomic mass is 10.2. The van der Waals surface area contributed by atoms with Gasteiger partial charge in [-0.1, -0.05) is 11.6 Å². The highest BCUT2D eigenvalue weighted by molar-refractivity contribution is 7.92. The molecule has 1 fully saturated rings. The Bertz CT molecular complexity index is 919. The minimum absolute atomic E-state index is 0.147. The van der Waals surface area contributed by atoms with Gasteiger partial charge in [0.25, 0.3) is 15.9 Å². The molecule has 0 unspecified atom stereocenters. The third-order valence-corrected chi connectivity index (χ3v) is 6.80. The Kier molecular flexibility index (Phi) is 5.04. The highest BCUT2D eigenvalue weighted by Crippen LogP contribution is 2.26. The van der Waals surface area contributed by atoms with E-state index in [2.05, 4.69) is 9.71 Å². The maximum absolute atomic E-state index is 12.6. The number of carbonyl (C=O) groups is 1. The van der Waals surface area contributed by atoms with E-state index < -0.39 is 10.0 Å². The monoisotopic (exact) mass is 399 g/mol. The number of aryl methyl sites for hydroxylation is 2. The molecule has 0 saturated carbocycles. The number of anilines is 1. The summed E-state index contributed by atoms with van der Waals surface area (Å²) in [6.45, 7) is 4.88. The van der Waals surface area contributed by atoms with E-state index in [1.807, 2.05) is 0 Å². The molecule has 3 rings (SSSR count). The third kappa shape index (κ3) is 3.80. The maximum Gasteiger partial charge on any atom is 0.282 e. The number of amides is 1. The minimum atomic E-state index is -3.80. The zero-order valence-electron chi connectivity index (χ0n) is 13.9. The van der Waals surface area contributed by atoms with E-state index in [0.717, 1.165) is 37.3 Å². The number of nitrogens with one attached hydrogen (secondary N) is 1. The van der Waals surface area contributed by atoms with Crippen LogP contribution in [-0.4, -0.2) is 37.3 Å². The maximum atomic E-state index is 12.6. The van der Waals surface area contributed by atoms with Crippen molar-refractivity contribution in [2.45, 2.75) is 31.6 Å². The highest BCUT2D eigenvalue weighted by Gasteiger charge is 2.24. The first-order valence-electron chi connectivity index (χ1n) is 7.82. The van der Waals surface area contributed by atoms with Gasteiger partial charge in [-0.15, -0.1) is 11.3 Å². The topological polar surface area (TPSA) is 79.4 Å². The SMILES string of the molecule is Cc1cc(S(=O)(=O)Nc2csc(C(=O)N3CCCC3)n2)c(C)cc1Cl. The molecular formula is C16H18ClN3O3S2. The standard InChI is InChI=1S/C16H18ClN3O3S2/c1-10-8-13(11(2)7-12(10)17)25(22,23)19-14-9-24-15(18-14)16(21)20-5-3-4-6-20/h7-9,19H,3-6H2,1-2H3. The third-order valence-electron chi connectivity index (χ3n) is 4.07. The summed E-state index contributed by atoms with van der Waals surface area (Å²) in [6, 6.07) is 3.15. The Morgan fingerprint density at radius 3 is 2.60 bits per heavy atom. The second kappa shape index (κ2) is 6.93. The van der Waals surface area contributed by atoms with Crippen LogP contribution in [0.3, 0.4) is 0 Å². The molecule has 1 aromatic carbocycles. The first kappa shape index (κ1) is 18.2. The van der Waals surface area contributed by atoms with Crippen molar-refractivity contribution in [1.29, 1.82) is 0 Å². The summed E-state index contributed by atoms with van der Waals surface area (Å²) >= 11 is 7.17. The zero-order chi connectivity index (χ0) is 18.2. The van der Waals surface area contributed by atoms with Crippen molar-refractivity contribution in [2.24, 2.45) is 0 Å². The van der Waals surface area contributed by atoms with Gasteiger partial charge in [0.05, 0.1) is 4.90 Å². The number of sulfonamides is 1. The predicted molar refractivity (Wildman–Crippen MR) is 99.0 cm³/mol. The second-order valence-electron chi connectivity index (χ2n) is 6.01. The molecule has 1 amide bonds. The van der Waals surface area contributed by atoms with Crippen molar-refractivity contribution in [3.05, 3.63) is 38.7 Å². The Morgan fingerprint density at radius 2 is 1.92 bits per heavy atom.